The van der Waals surface area contributed by atoms with Crippen LogP contribution in [-0.2, 0) is 0 Å². The molecular weight excluding hydrogens is 250 g/mol. The van der Waals surface area contributed by atoms with E-state index in [0.29, 0.717) is 10.8 Å². The Morgan fingerprint density at radius 2 is 2.06 bits per heavy atom. The highest BCUT2D eigenvalue weighted by molar-refractivity contribution is 7.99. The zero-order valence-corrected chi connectivity index (χ0v) is 11.2. The molecule has 0 radical (unpaired) electrons. The molecule has 1 N–H and O–H groups in total. The van der Waals surface area contributed by atoms with Gasteiger partial charge in [0.2, 0.25) is 0 Å². The molecule has 1 aromatic carbocycles. The molecule has 0 aliphatic carbocycles. The van der Waals surface area contributed by atoms with Crippen LogP contribution < -0.4 is 0 Å². The van der Waals surface area contributed by atoms with E-state index in [2.05, 4.69) is 4.98 Å². The average Bonchev–Trinajstić information content (AvgIpc) is 2.57. The normalized spacial score (nSPS) is 10.6. The molecule has 4 nitrogen and oxygen atoms in total. The number of nitrogens with zero attached hydrogens (tertiary/aromatic N) is 1. The van der Waals surface area contributed by atoms with Crippen molar-refractivity contribution >= 4 is 17.7 Å². The summed E-state index contributed by atoms with van der Waals surface area (Å²) < 4.78 is 5.47. The lowest BCUT2D eigenvalue weighted by Crippen LogP contribution is -1.98. The molecule has 0 unspecified atom stereocenters. The second-order valence-corrected chi connectivity index (χ2v) is 5.03. The van der Waals surface area contributed by atoms with E-state index in [1.54, 1.807) is 19.1 Å². The molecule has 18 heavy (non-hydrogen) atoms. The maximum atomic E-state index is 10.9. The lowest BCUT2D eigenvalue weighted by molar-refractivity contribution is 0.0696. The third kappa shape index (κ3) is 2.56. The fraction of sp³-hybridized carbons (Fsp3) is 0.231. The smallest absolute Gasteiger partial charge is 0.335 e. The topological polar surface area (TPSA) is 63.3 Å². The van der Waals surface area contributed by atoms with Crippen LogP contribution in [-0.4, -0.2) is 16.1 Å². The molecule has 0 aliphatic heterocycles. The van der Waals surface area contributed by atoms with Crippen LogP contribution in [0, 0.1) is 20.8 Å². The molecule has 1 heterocycles. The molecule has 94 valence electrons. The maximum absolute atomic E-state index is 10.9. The summed E-state index contributed by atoms with van der Waals surface area (Å²) in [6, 6.07) is 5.18. The maximum Gasteiger partial charge on any atom is 0.335 e. The fourth-order valence-electron chi connectivity index (χ4n) is 1.53. The van der Waals surface area contributed by atoms with Gasteiger partial charge in [0.05, 0.1) is 11.3 Å². The summed E-state index contributed by atoms with van der Waals surface area (Å²) in [5.41, 5.74) is 1.92. The lowest BCUT2D eigenvalue weighted by atomic mass is 10.1. The summed E-state index contributed by atoms with van der Waals surface area (Å²) in [7, 11) is 0. The molecule has 0 fully saturated rings. The van der Waals surface area contributed by atoms with Crippen LogP contribution in [0.5, 0.6) is 0 Å². The number of hydrogen-bond donors (Lipinski definition) is 1. The largest absolute Gasteiger partial charge is 0.478 e. The first kappa shape index (κ1) is 12.7. The fourth-order valence-corrected chi connectivity index (χ4v) is 2.45. The van der Waals surface area contributed by atoms with Crippen molar-refractivity contribution in [2.75, 3.05) is 0 Å². The van der Waals surface area contributed by atoms with Gasteiger partial charge in [-0.2, -0.15) is 0 Å². The van der Waals surface area contributed by atoms with Gasteiger partial charge in [0.25, 0.3) is 5.22 Å². The van der Waals surface area contributed by atoms with E-state index in [1.807, 2.05) is 19.9 Å². The number of aryl methyl sites for hydroxylation is 3. The van der Waals surface area contributed by atoms with E-state index in [1.165, 1.54) is 11.8 Å². The van der Waals surface area contributed by atoms with E-state index in [0.717, 1.165) is 21.9 Å². The molecular formula is C13H13NO3S. The van der Waals surface area contributed by atoms with Crippen LogP contribution >= 0.6 is 11.8 Å². The third-order valence-corrected chi connectivity index (χ3v) is 3.48. The van der Waals surface area contributed by atoms with Crippen molar-refractivity contribution in [3.63, 3.8) is 0 Å². The number of aromatic nitrogens is 1. The zero-order chi connectivity index (χ0) is 13.3. The predicted octanol–water partition coefficient (Wildman–Crippen LogP) is 3.45. The molecule has 0 atom stereocenters. The van der Waals surface area contributed by atoms with Gasteiger partial charge >= 0.3 is 5.97 Å². The highest BCUT2D eigenvalue weighted by atomic mass is 32.2. The van der Waals surface area contributed by atoms with Crippen molar-refractivity contribution in [2.24, 2.45) is 0 Å². The quantitative estimate of drug-likeness (QED) is 0.918. The van der Waals surface area contributed by atoms with Gasteiger partial charge in [0, 0.05) is 4.90 Å². The number of oxazole rings is 1. The highest BCUT2D eigenvalue weighted by Gasteiger charge is 2.10. The van der Waals surface area contributed by atoms with E-state index < -0.39 is 5.97 Å². The van der Waals surface area contributed by atoms with Crippen LogP contribution in [0.25, 0.3) is 0 Å². The van der Waals surface area contributed by atoms with Gasteiger partial charge in [-0.05, 0) is 56.3 Å². The summed E-state index contributed by atoms with van der Waals surface area (Å²) in [6.45, 7) is 5.53. The Morgan fingerprint density at radius 3 is 2.56 bits per heavy atom. The van der Waals surface area contributed by atoms with Crippen LogP contribution in [0.2, 0.25) is 0 Å². The van der Waals surface area contributed by atoms with Crippen LogP contribution in [0.4, 0.5) is 0 Å². The standard InChI is InChI=1S/C13H13NO3S/c1-7-6-10(4-5-11(7)12(15)16)18-13-14-8(2)9(3)17-13/h4-6H,1-3H3,(H,15,16). The van der Waals surface area contributed by atoms with Gasteiger partial charge < -0.3 is 9.52 Å². The summed E-state index contributed by atoms with van der Waals surface area (Å²) in [6.07, 6.45) is 0. The van der Waals surface area contributed by atoms with Crippen LogP contribution in [0.15, 0.2) is 32.7 Å². The molecule has 5 heteroatoms. The van der Waals surface area contributed by atoms with Gasteiger partial charge in [-0.1, -0.05) is 0 Å². The van der Waals surface area contributed by atoms with Crippen molar-refractivity contribution in [3.05, 3.63) is 40.8 Å². The van der Waals surface area contributed by atoms with Crippen molar-refractivity contribution in [2.45, 2.75) is 30.9 Å². The van der Waals surface area contributed by atoms with E-state index in [9.17, 15) is 4.79 Å². The first-order chi connectivity index (χ1) is 8.47. The van der Waals surface area contributed by atoms with E-state index in [-0.39, 0.29) is 0 Å². The van der Waals surface area contributed by atoms with Gasteiger partial charge in [0.1, 0.15) is 5.76 Å². The predicted molar refractivity (Wildman–Crippen MR) is 68.2 cm³/mol. The van der Waals surface area contributed by atoms with E-state index >= 15 is 0 Å². The van der Waals surface area contributed by atoms with E-state index in [4.69, 9.17) is 9.52 Å². The minimum absolute atomic E-state index is 0.319. The second kappa shape index (κ2) is 4.86. The van der Waals surface area contributed by atoms with Crippen molar-refractivity contribution in [3.8, 4) is 0 Å². The molecule has 2 aromatic rings. The Balaban J connectivity index is 2.25. The number of benzene rings is 1. The molecule has 0 amide bonds. The van der Waals surface area contributed by atoms with Gasteiger partial charge in [0.15, 0.2) is 0 Å². The van der Waals surface area contributed by atoms with Crippen LogP contribution in [0.1, 0.15) is 27.4 Å². The molecule has 0 spiro atoms. The minimum Gasteiger partial charge on any atom is -0.478 e. The minimum atomic E-state index is -0.910. The molecule has 0 aliphatic rings. The Morgan fingerprint density at radius 1 is 1.33 bits per heavy atom. The number of carboxylic acid groups (broad SMARTS) is 1. The zero-order valence-electron chi connectivity index (χ0n) is 10.4. The van der Waals surface area contributed by atoms with Crippen molar-refractivity contribution in [1.29, 1.82) is 0 Å². The first-order valence-corrected chi connectivity index (χ1v) is 6.25. The lowest BCUT2D eigenvalue weighted by Gasteiger charge is -2.02. The van der Waals surface area contributed by atoms with Crippen molar-refractivity contribution in [1.82, 2.24) is 4.98 Å². The number of rotatable bonds is 3. The van der Waals surface area contributed by atoms with Crippen LogP contribution in [0.3, 0.4) is 0 Å². The number of carboxylic acids is 1. The number of hydrogen-bond acceptors (Lipinski definition) is 4. The molecule has 2 rings (SSSR count). The molecule has 0 saturated carbocycles. The van der Waals surface area contributed by atoms with Gasteiger partial charge in [-0.3, -0.25) is 0 Å². The number of carbonyl (C=O) groups is 1. The summed E-state index contributed by atoms with van der Waals surface area (Å²) in [4.78, 5) is 16.1. The molecule has 1 aromatic heterocycles. The van der Waals surface area contributed by atoms with Crippen molar-refractivity contribution < 1.29 is 14.3 Å². The van der Waals surface area contributed by atoms with Gasteiger partial charge in [-0.25, -0.2) is 9.78 Å². The Labute approximate surface area is 109 Å². The number of aromatic carboxylic acids is 1. The highest BCUT2D eigenvalue weighted by Crippen LogP contribution is 2.29. The monoisotopic (exact) mass is 263 g/mol. The molecule has 0 saturated heterocycles. The third-order valence-electron chi connectivity index (χ3n) is 2.64. The first-order valence-electron chi connectivity index (χ1n) is 5.43. The summed E-state index contributed by atoms with van der Waals surface area (Å²) in [5.74, 6) is -0.108. The Kier molecular flexibility index (Phi) is 3.43. The Bertz CT molecular complexity index is 585. The van der Waals surface area contributed by atoms with Gasteiger partial charge in [-0.15, -0.1) is 0 Å². The summed E-state index contributed by atoms with van der Waals surface area (Å²) in [5, 5.41) is 9.52. The SMILES string of the molecule is Cc1cc(Sc2nc(C)c(C)o2)ccc1C(=O)O. The summed E-state index contributed by atoms with van der Waals surface area (Å²) >= 11 is 1.39. The molecule has 0 bridgehead atoms. The average molecular weight is 263 g/mol. The second-order valence-electron chi connectivity index (χ2n) is 4.01. The Hall–Kier alpha value is -1.75.